The van der Waals surface area contributed by atoms with Crippen molar-refractivity contribution in [3.8, 4) is 0 Å². The van der Waals surface area contributed by atoms with Crippen LogP contribution in [0.15, 0.2) is 47.2 Å². The van der Waals surface area contributed by atoms with E-state index in [2.05, 4.69) is 38.2 Å². The van der Waals surface area contributed by atoms with Crippen molar-refractivity contribution in [3.63, 3.8) is 0 Å². The van der Waals surface area contributed by atoms with Crippen LogP contribution >= 0.6 is 15.9 Å². The lowest BCUT2D eigenvalue weighted by Crippen LogP contribution is -2.47. The largest absolute Gasteiger partial charge is 0.354 e. The van der Waals surface area contributed by atoms with Crippen molar-refractivity contribution < 1.29 is 4.79 Å². The molecule has 0 aliphatic carbocycles. The van der Waals surface area contributed by atoms with E-state index in [0.717, 1.165) is 42.0 Å². The van der Waals surface area contributed by atoms with E-state index in [1.165, 1.54) is 0 Å². The van der Waals surface area contributed by atoms with Gasteiger partial charge in [-0.1, -0.05) is 15.9 Å². The third-order valence-electron chi connectivity index (χ3n) is 3.91. The van der Waals surface area contributed by atoms with Crippen molar-refractivity contribution in [2.24, 2.45) is 0 Å². The SMILES string of the molecule is CN1CCN(C(=O)c2cncc(Nc3ccc(Br)cc3)c2)CC1. The van der Waals surface area contributed by atoms with Crippen LogP contribution in [-0.2, 0) is 0 Å². The number of rotatable bonds is 3. The first-order valence-corrected chi connectivity index (χ1v) is 8.36. The fourth-order valence-corrected chi connectivity index (χ4v) is 2.78. The van der Waals surface area contributed by atoms with Gasteiger partial charge < -0.3 is 15.1 Å². The van der Waals surface area contributed by atoms with Crippen LogP contribution in [0.1, 0.15) is 10.4 Å². The first-order valence-electron chi connectivity index (χ1n) is 7.57. The lowest BCUT2D eigenvalue weighted by atomic mass is 10.2. The van der Waals surface area contributed by atoms with Gasteiger partial charge in [0.2, 0.25) is 0 Å². The van der Waals surface area contributed by atoms with E-state index < -0.39 is 0 Å². The number of piperazine rings is 1. The average Bonchev–Trinajstić information content (AvgIpc) is 2.57. The maximum atomic E-state index is 12.6. The zero-order valence-corrected chi connectivity index (χ0v) is 14.6. The molecule has 3 rings (SSSR count). The quantitative estimate of drug-likeness (QED) is 0.896. The van der Waals surface area contributed by atoms with Crippen LogP contribution in [0.5, 0.6) is 0 Å². The third kappa shape index (κ3) is 4.09. The second-order valence-corrected chi connectivity index (χ2v) is 6.61. The Labute approximate surface area is 144 Å². The highest BCUT2D eigenvalue weighted by atomic mass is 79.9. The molecule has 2 heterocycles. The van der Waals surface area contributed by atoms with Crippen molar-refractivity contribution in [2.45, 2.75) is 0 Å². The van der Waals surface area contributed by atoms with Crippen LogP contribution in [0.3, 0.4) is 0 Å². The first kappa shape index (κ1) is 16.0. The van der Waals surface area contributed by atoms with Crippen molar-refractivity contribution in [1.82, 2.24) is 14.8 Å². The summed E-state index contributed by atoms with van der Waals surface area (Å²) in [6, 6.07) is 9.73. The highest BCUT2D eigenvalue weighted by Gasteiger charge is 2.20. The Morgan fingerprint density at radius 3 is 2.48 bits per heavy atom. The van der Waals surface area contributed by atoms with Crippen LogP contribution in [-0.4, -0.2) is 53.9 Å². The molecule has 5 nitrogen and oxygen atoms in total. The molecule has 0 bridgehead atoms. The number of benzene rings is 1. The van der Waals surface area contributed by atoms with Crippen LogP contribution in [0.4, 0.5) is 11.4 Å². The minimum atomic E-state index is 0.0463. The molecule has 2 aromatic rings. The molecular formula is C17H19BrN4O. The number of carbonyl (C=O) groups excluding carboxylic acids is 1. The molecule has 0 saturated carbocycles. The smallest absolute Gasteiger partial charge is 0.255 e. The summed E-state index contributed by atoms with van der Waals surface area (Å²) in [4.78, 5) is 20.9. The summed E-state index contributed by atoms with van der Waals surface area (Å²) in [6.45, 7) is 3.35. The maximum Gasteiger partial charge on any atom is 0.255 e. The predicted molar refractivity (Wildman–Crippen MR) is 95.1 cm³/mol. The second kappa shape index (κ2) is 7.10. The number of hydrogen-bond donors (Lipinski definition) is 1. The Hall–Kier alpha value is -1.92. The molecule has 1 fully saturated rings. The molecular weight excluding hydrogens is 356 g/mol. The van der Waals surface area contributed by atoms with Crippen molar-refractivity contribution in [1.29, 1.82) is 0 Å². The molecule has 1 amide bonds. The number of carbonyl (C=O) groups is 1. The minimum absolute atomic E-state index is 0.0463. The molecule has 0 atom stereocenters. The Morgan fingerprint density at radius 1 is 1.09 bits per heavy atom. The highest BCUT2D eigenvalue weighted by Crippen LogP contribution is 2.20. The van der Waals surface area contributed by atoms with Crippen molar-refractivity contribution in [2.75, 3.05) is 38.5 Å². The van der Waals surface area contributed by atoms with Gasteiger partial charge >= 0.3 is 0 Å². The van der Waals surface area contributed by atoms with Crippen molar-refractivity contribution >= 4 is 33.2 Å². The number of hydrogen-bond acceptors (Lipinski definition) is 4. The average molecular weight is 375 g/mol. The standard InChI is InChI=1S/C17H19BrN4O/c1-21-6-8-22(9-7-21)17(23)13-10-16(12-19-11-13)20-15-4-2-14(18)3-5-15/h2-5,10-12,20H,6-9H2,1H3. The summed E-state index contributed by atoms with van der Waals surface area (Å²) in [5.41, 5.74) is 2.39. The molecule has 23 heavy (non-hydrogen) atoms. The number of amides is 1. The van der Waals surface area contributed by atoms with Gasteiger partial charge in [0.15, 0.2) is 0 Å². The summed E-state index contributed by atoms with van der Waals surface area (Å²) in [5.74, 6) is 0.0463. The van der Waals surface area contributed by atoms with E-state index in [0.29, 0.717) is 5.56 Å². The van der Waals surface area contributed by atoms with E-state index in [1.807, 2.05) is 35.2 Å². The van der Waals surface area contributed by atoms with Crippen LogP contribution in [0, 0.1) is 0 Å². The number of anilines is 2. The number of nitrogens with zero attached hydrogens (tertiary/aromatic N) is 3. The number of halogens is 1. The van der Waals surface area contributed by atoms with Gasteiger partial charge in [0.1, 0.15) is 0 Å². The van der Waals surface area contributed by atoms with Gasteiger partial charge in [0, 0.05) is 42.5 Å². The zero-order chi connectivity index (χ0) is 16.2. The number of likely N-dealkylation sites (N-methyl/N-ethyl adjacent to an activating group) is 1. The first-order chi connectivity index (χ1) is 11.1. The van der Waals surface area contributed by atoms with E-state index in [4.69, 9.17) is 0 Å². The Balaban J connectivity index is 1.71. The van der Waals surface area contributed by atoms with Crippen LogP contribution in [0.25, 0.3) is 0 Å². The fraction of sp³-hybridized carbons (Fsp3) is 0.294. The van der Waals surface area contributed by atoms with E-state index in [-0.39, 0.29) is 5.91 Å². The molecule has 6 heteroatoms. The molecule has 1 saturated heterocycles. The maximum absolute atomic E-state index is 12.6. The Kier molecular flexibility index (Phi) is 4.93. The van der Waals surface area contributed by atoms with Crippen LogP contribution in [0.2, 0.25) is 0 Å². The molecule has 1 N–H and O–H groups in total. The van der Waals surface area contributed by atoms with Crippen LogP contribution < -0.4 is 5.32 Å². The predicted octanol–water partition coefficient (Wildman–Crippen LogP) is 2.98. The van der Waals surface area contributed by atoms with Gasteiger partial charge in [0.05, 0.1) is 17.4 Å². The van der Waals surface area contributed by atoms with Gasteiger partial charge in [-0.2, -0.15) is 0 Å². The summed E-state index contributed by atoms with van der Waals surface area (Å²) in [7, 11) is 2.08. The Morgan fingerprint density at radius 2 is 1.78 bits per heavy atom. The lowest BCUT2D eigenvalue weighted by Gasteiger charge is -2.32. The fourth-order valence-electron chi connectivity index (χ4n) is 2.52. The Bertz CT molecular complexity index is 681. The summed E-state index contributed by atoms with van der Waals surface area (Å²) >= 11 is 3.42. The normalized spacial score (nSPS) is 15.5. The molecule has 0 unspecified atom stereocenters. The number of pyridine rings is 1. The topological polar surface area (TPSA) is 48.5 Å². The van der Waals surface area contributed by atoms with E-state index >= 15 is 0 Å². The van der Waals surface area contributed by atoms with Gasteiger partial charge in [-0.05, 0) is 37.4 Å². The van der Waals surface area contributed by atoms with Gasteiger partial charge in [-0.3, -0.25) is 9.78 Å². The van der Waals surface area contributed by atoms with Gasteiger partial charge in [0.25, 0.3) is 5.91 Å². The van der Waals surface area contributed by atoms with Gasteiger partial charge in [-0.15, -0.1) is 0 Å². The van der Waals surface area contributed by atoms with E-state index in [9.17, 15) is 4.79 Å². The minimum Gasteiger partial charge on any atom is -0.354 e. The summed E-state index contributed by atoms with van der Waals surface area (Å²) < 4.78 is 1.03. The zero-order valence-electron chi connectivity index (χ0n) is 13.0. The van der Waals surface area contributed by atoms with E-state index in [1.54, 1.807) is 12.4 Å². The molecule has 1 aliphatic heterocycles. The molecule has 120 valence electrons. The number of aromatic nitrogens is 1. The lowest BCUT2D eigenvalue weighted by molar-refractivity contribution is 0.0663. The molecule has 0 spiro atoms. The summed E-state index contributed by atoms with van der Waals surface area (Å²) in [6.07, 6.45) is 3.36. The highest BCUT2D eigenvalue weighted by molar-refractivity contribution is 9.10. The third-order valence-corrected chi connectivity index (χ3v) is 4.44. The van der Waals surface area contributed by atoms with Crippen molar-refractivity contribution in [3.05, 3.63) is 52.8 Å². The number of nitrogens with one attached hydrogen (secondary N) is 1. The molecule has 1 aromatic carbocycles. The second-order valence-electron chi connectivity index (χ2n) is 5.69. The molecule has 1 aromatic heterocycles. The molecule has 1 aliphatic rings. The molecule has 0 radical (unpaired) electrons. The monoisotopic (exact) mass is 374 g/mol. The van der Waals surface area contributed by atoms with Gasteiger partial charge in [-0.25, -0.2) is 0 Å². The summed E-state index contributed by atoms with van der Waals surface area (Å²) in [5, 5.41) is 3.27.